The summed E-state index contributed by atoms with van der Waals surface area (Å²) in [5.41, 5.74) is 1.64. The molecule has 0 unspecified atom stereocenters. The van der Waals surface area contributed by atoms with Crippen LogP contribution >= 0.6 is 11.3 Å². The van der Waals surface area contributed by atoms with Crippen LogP contribution in [0.25, 0.3) is 10.6 Å². The van der Waals surface area contributed by atoms with E-state index in [-0.39, 0.29) is 11.9 Å². The van der Waals surface area contributed by atoms with E-state index in [0.717, 1.165) is 23.7 Å². The Hall–Kier alpha value is -1.95. The zero-order valence-electron chi connectivity index (χ0n) is 13.9. The number of rotatable bonds is 4. The highest BCUT2D eigenvalue weighted by atomic mass is 32.1. The molecule has 2 aliphatic rings. The first-order valence-electron chi connectivity index (χ1n) is 8.60. The van der Waals surface area contributed by atoms with Gasteiger partial charge in [-0.1, -0.05) is 41.7 Å². The van der Waals surface area contributed by atoms with Crippen LogP contribution in [0.1, 0.15) is 32.6 Å². The minimum absolute atomic E-state index is 0.168. The highest BCUT2D eigenvalue weighted by molar-refractivity contribution is 7.18. The number of hydrogen-bond acceptors (Lipinski definition) is 5. The fraction of sp³-hybridized carbons (Fsp3) is 0.500. The highest BCUT2D eigenvalue weighted by Crippen LogP contribution is 2.53. The van der Waals surface area contributed by atoms with Crippen LogP contribution in [0.3, 0.4) is 0 Å². The molecular weight excluding hydrogens is 320 g/mol. The molecule has 2 aromatic rings. The van der Waals surface area contributed by atoms with Gasteiger partial charge in [0.2, 0.25) is 11.0 Å². The van der Waals surface area contributed by atoms with Crippen LogP contribution in [0.2, 0.25) is 0 Å². The molecule has 1 spiro atoms. The quantitative estimate of drug-likeness (QED) is 0.925. The minimum atomic E-state index is -0.269. The van der Waals surface area contributed by atoms with Crippen molar-refractivity contribution >= 4 is 22.4 Å². The standard InChI is InChI=1S/C18H22N4OS/c1-13(16(23)22-11-9-18(7-8-18)10-12-22)19-17-21-20-15(24-17)14-5-3-2-4-6-14/h2-6,13H,7-12H2,1H3,(H,19,21)/t13-/m1/s1. The Morgan fingerprint density at radius 3 is 2.54 bits per heavy atom. The summed E-state index contributed by atoms with van der Waals surface area (Å²) < 4.78 is 0. The molecule has 4 rings (SSSR count). The van der Waals surface area contributed by atoms with E-state index in [1.54, 1.807) is 0 Å². The molecule has 6 heteroatoms. The maximum Gasteiger partial charge on any atom is 0.244 e. The number of piperidine rings is 1. The van der Waals surface area contributed by atoms with Crippen molar-refractivity contribution in [1.82, 2.24) is 15.1 Å². The van der Waals surface area contributed by atoms with Crippen molar-refractivity contribution in [3.05, 3.63) is 30.3 Å². The molecule has 1 saturated carbocycles. The van der Waals surface area contributed by atoms with Gasteiger partial charge in [-0.25, -0.2) is 0 Å². The Labute approximate surface area is 146 Å². The molecule has 1 saturated heterocycles. The molecular formula is C18H22N4OS. The number of likely N-dealkylation sites (tertiary alicyclic amines) is 1. The van der Waals surface area contributed by atoms with Crippen molar-refractivity contribution in [3.8, 4) is 10.6 Å². The number of amides is 1. The van der Waals surface area contributed by atoms with Gasteiger partial charge < -0.3 is 10.2 Å². The highest BCUT2D eigenvalue weighted by Gasteiger charge is 2.45. The summed E-state index contributed by atoms with van der Waals surface area (Å²) in [5.74, 6) is 0.168. The monoisotopic (exact) mass is 342 g/mol. The van der Waals surface area contributed by atoms with Crippen LogP contribution in [0.4, 0.5) is 5.13 Å². The van der Waals surface area contributed by atoms with Crippen LogP contribution < -0.4 is 5.32 Å². The van der Waals surface area contributed by atoms with E-state index < -0.39 is 0 Å². The van der Waals surface area contributed by atoms with E-state index in [9.17, 15) is 4.79 Å². The van der Waals surface area contributed by atoms with Gasteiger partial charge in [0.05, 0.1) is 0 Å². The molecule has 126 valence electrons. The number of anilines is 1. The zero-order chi connectivity index (χ0) is 16.6. The molecule has 1 N–H and O–H groups in total. The average Bonchev–Trinajstić information content (AvgIpc) is 3.20. The van der Waals surface area contributed by atoms with Crippen molar-refractivity contribution in [2.75, 3.05) is 18.4 Å². The Kier molecular flexibility index (Phi) is 4.00. The lowest BCUT2D eigenvalue weighted by Crippen LogP contribution is -2.45. The number of benzene rings is 1. The van der Waals surface area contributed by atoms with E-state index in [4.69, 9.17) is 0 Å². The molecule has 1 aromatic heterocycles. The minimum Gasteiger partial charge on any atom is -0.349 e. The van der Waals surface area contributed by atoms with Gasteiger partial charge in [-0.05, 0) is 38.0 Å². The SMILES string of the molecule is C[C@@H](Nc1nnc(-c2ccccc2)s1)C(=O)N1CCC2(CC1)CC2. The molecule has 0 bridgehead atoms. The second kappa shape index (κ2) is 6.16. The van der Waals surface area contributed by atoms with E-state index in [0.29, 0.717) is 10.5 Å². The molecule has 0 radical (unpaired) electrons. The second-order valence-electron chi connectivity index (χ2n) is 6.97. The average molecular weight is 342 g/mol. The molecule has 1 atom stereocenters. The molecule has 2 fully saturated rings. The Morgan fingerprint density at radius 2 is 1.88 bits per heavy atom. The fourth-order valence-electron chi connectivity index (χ4n) is 3.38. The number of nitrogens with one attached hydrogen (secondary N) is 1. The molecule has 5 nitrogen and oxygen atoms in total. The van der Waals surface area contributed by atoms with E-state index >= 15 is 0 Å². The fourth-order valence-corrected chi connectivity index (χ4v) is 4.21. The van der Waals surface area contributed by atoms with Crippen molar-refractivity contribution in [3.63, 3.8) is 0 Å². The van der Waals surface area contributed by atoms with Crippen molar-refractivity contribution in [1.29, 1.82) is 0 Å². The first-order valence-corrected chi connectivity index (χ1v) is 9.41. The first kappa shape index (κ1) is 15.6. The van der Waals surface area contributed by atoms with Crippen LogP contribution in [-0.4, -0.2) is 40.1 Å². The summed E-state index contributed by atoms with van der Waals surface area (Å²) in [4.78, 5) is 14.6. The predicted octanol–water partition coefficient (Wildman–Crippen LogP) is 3.41. The van der Waals surface area contributed by atoms with E-state index in [1.165, 1.54) is 37.0 Å². The molecule has 1 aromatic carbocycles. The van der Waals surface area contributed by atoms with Gasteiger partial charge in [-0.15, -0.1) is 10.2 Å². The number of aromatic nitrogens is 2. The van der Waals surface area contributed by atoms with Gasteiger partial charge in [0.15, 0.2) is 0 Å². The largest absolute Gasteiger partial charge is 0.349 e. The van der Waals surface area contributed by atoms with Crippen molar-refractivity contribution < 1.29 is 4.79 Å². The van der Waals surface area contributed by atoms with Crippen LogP contribution in [0, 0.1) is 5.41 Å². The molecule has 1 aliphatic carbocycles. The Balaban J connectivity index is 1.36. The summed E-state index contributed by atoms with van der Waals surface area (Å²) in [6, 6.07) is 9.71. The topological polar surface area (TPSA) is 58.1 Å². The van der Waals surface area contributed by atoms with Gasteiger partial charge in [-0.3, -0.25) is 4.79 Å². The lowest BCUT2D eigenvalue weighted by atomic mass is 9.93. The van der Waals surface area contributed by atoms with E-state index in [2.05, 4.69) is 15.5 Å². The van der Waals surface area contributed by atoms with Gasteiger partial charge in [0.1, 0.15) is 11.0 Å². The summed E-state index contributed by atoms with van der Waals surface area (Å²) in [6.45, 7) is 3.71. The second-order valence-corrected chi connectivity index (χ2v) is 7.95. The Morgan fingerprint density at radius 1 is 1.17 bits per heavy atom. The zero-order valence-corrected chi connectivity index (χ0v) is 14.7. The lowest BCUT2D eigenvalue weighted by Gasteiger charge is -2.33. The summed E-state index contributed by atoms with van der Waals surface area (Å²) in [6.07, 6.45) is 5.05. The van der Waals surface area contributed by atoms with E-state index in [1.807, 2.05) is 42.2 Å². The third kappa shape index (κ3) is 3.15. The summed E-state index contributed by atoms with van der Waals surface area (Å²) in [7, 11) is 0. The normalized spacial score (nSPS) is 20.0. The van der Waals surface area contributed by atoms with Crippen LogP contribution in [0.15, 0.2) is 30.3 Å². The number of carbonyl (C=O) groups is 1. The van der Waals surface area contributed by atoms with Crippen molar-refractivity contribution in [2.45, 2.75) is 38.6 Å². The Bertz CT molecular complexity index is 716. The lowest BCUT2D eigenvalue weighted by molar-refractivity contribution is -0.133. The third-order valence-electron chi connectivity index (χ3n) is 5.25. The maximum atomic E-state index is 12.6. The molecule has 1 aliphatic heterocycles. The first-order chi connectivity index (χ1) is 11.7. The summed E-state index contributed by atoms with van der Waals surface area (Å²) >= 11 is 1.48. The molecule has 24 heavy (non-hydrogen) atoms. The van der Waals surface area contributed by atoms with Gasteiger partial charge in [0, 0.05) is 18.7 Å². The summed E-state index contributed by atoms with van der Waals surface area (Å²) in [5, 5.41) is 13.2. The number of nitrogens with zero attached hydrogens (tertiary/aromatic N) is 3. The third-order valence-corrected chi connectivity index (χ3v) is 6.15. The van der Waals surface area contributed by atoms with Gasteiger partial charge >= 0.3 is 0 Å². The van der Waals surface area contributed by atoms with Gasteiger partial charge in [-0.2, -0.15) is 0 Å². The van der Waals surface area contributed by atoms with Crippen molar-refractivity contribution in [2.24, 2.45) is 5.41 Å². The van der Waals surface area contributed by atoms with Crippen LogP contribution in [0.5, 0.6) is 0 Å². The molecule has 2 heterocycles. The molecule has 1 amide bonds. The number of hydrogen-bond donors (Lipinski definition) is 1. The van der Waals surface area contributed by atoms with Crippen LogP contribution in [-0.2, 0) is 4.79 Å². The van der Waals surface area contributed by atoms with Gasteiger partial charge in [0.25, 0.3) is 0 Å². The number of carbonyl (C=O) groups excluding carboxylic acids is 1. The smallest absolute Gasteiger partial charge is 0.244 e. The predicted molar refractivity (Wildman–Crippen MR) is 95.9 cm³/mol. The maximum absolute atomic E-state index is 12.6.